The first-order valence-corrected chi connectivity index (χ1v) is 20.0. The molecule has 0 bridgehead atoms. The highest BCUT2D eigenvalue weighted by atomic mass is 15.0. The lowest BCUT2D eigenvalue weighted by Crippen LogP contribution is -2.01. The minimum atomic E-state index is -0.483. The van der Waals surface area contributed by atoms with Crippen LogP contribution in [0.5, 0.6) is 0 Å². The molecule has 1 aromatic heterocycles. The zero-order chi connectivity index (χ0) is 44.2. The SMILES string of the molecule is [2H]c1c([2H])c([2H])c(-c2nc(-c3ccccc3-c3ccccc3)nc(-c3ccc(-c4c5ccccc5c(-c5ccc(-c6ccccc6)cc5)c5ccccc45)c4ccccc34)n2)c([2H])c1[2H]. The van der Waals surface area contributed by atoms with Gasteiger partial charge in [0, 0.05) is 16.7 Å². The van der Waals surface area contributed by atoms with E-state index in [2.05, 4.69) is 115 Å². The Morgan fingerprint density at radius 2 is 0.667 bits per heavy atom. The molecule has 0 unspecified atom stereocenters. The zero-order valence-corrected chi connectivity index (χ0v) is 32.3. The monoisotopic (exact) mass is 768 g/mol. The van der Waals surface area contributed by atoms with Crippen molar-refractivity contribution in [2.24, 2.45) is 0 Å². The third kappa shape index (κ3) is 6.21. The molecule has 280 valence electrons. The lowest BCUT2D eigenvalue weighted by atomic mass is 9.84. The van der Waals surface area contributed by atoms with Crippen LogP contribution in [0.4, 0.5) is 0 Å². The molecule has 0 N–H and O–H groups in total. The van der Waals surface area contributed by atoms with Gasteiger partial charge in [0.2, 0.25) is 0 Å². The minimum Gasteiger partial charge on any atom is -0.208 e. The molecule has 0 aliphatic carbocycles. The van der Waals surface area contributed by atoms with Gasteiger partial charge < -0.3 is 0 Å². The van der Waals surface area contributed by atoms with Gasteiger partial charge in [0.1, 0.15) is 0 Å². The topological polar surface area (TPSA) is 38.7 Å². The number of nitrogens with zero attached hydrogens (tertiary/aromatic N) is 3. The molecule has 0 fully saturated rings. The smallest absolute Gasteiger partial charge is 0.164 e. The summed E-state index contributed by atoms with van der Waals surface area (Å²) in [7, 11) is 0. The summed E-state index contributed by atoms with van der Waals surface area (Å²) in [6, 6.07) is 64.5. The van der Waals surface area contributed by atoms with Crippen LogP contribution >= 0.6 is 0 Å². The molecule has 0 radical (unpaired) electrons. The van der Waals surface area contributed by atoms with Gasteiger partial charge in [0.05, 0.1) is 6.85 Å². The summed E-state index contributed by atoms with van der Waals surface area (Å²) in [5.74, 6) is 0.614. The van der Waals surface area contributed by atoms with Crippen LogP contribution in [-0.4, -0.2) is 15.0 Å². The molecule has 0 aliphatic rings. The Kier molecular flexibility index (Phi) is 7.56. The van der Waals surface area contributed by atoms with Crippen LogP contribution in [0.3, 0.4) is 0 Å². The molecule has 0 atom stereocenters. The molecule has 3 nitrogen and oxygen atoms in total. The lowest BCUT2D eigenvalue weighted by molar-refractivity contribution is 1.08. The third-order valence-electron chi connectivity index (χ3n) is 11.3. The van der Waals surface area contributed by atoms with Gasteiger partial charge in [-0.2, -0.15) is 0 Å². The Bertz CT molecular complexity index is 3570. The highest BCUT2D eigenvalue weighted by Crippen LogP contribution is 2.46. The van der Waals surface area contributed by atoms with Crippen molar-refractivity contribution in [3.63, 3.8) is 0 Å². The average Bonchev–Trinajstić information content (AvgIpc) is 3.37. The molecular weight excluding hydrogens is 727 g/mol. The van der Waals surface area contributed by atoms with Crippen molar-refractivity contribution in [1.29, 1.82) is 0 Å². The normalized spacial score (nSPS) is 12.5. The minimum absolute atomic E-state index is 0.0117. The molecular formula is C57H37N3. The third-order valence-corrected chi connectivity index (χ3v) is 11.3. The molecule has 0 amide bonds. The van der Waals surface area contributed by atoms with Gasteiger partial charge in [0.25, 0.3) is 0 Å². The van der Waals surface area contributed by atoms with E-state index in [0.29, 0.717) is 22.8 Å². The first-order chi connectivity index (χ1) is 31.9. The van der Waals surface area contributed by atoms with E-state index in [1.807, 2.05) is 78.9 Å². The zero-order valence-electron chi connectivity index (χ0n) is 37.3. The largest absolute Gasteiger partial charge is 0.208 e. The summed E-state index contributed by atoms with van der Waals surface area (Å²) in [4.78, 5) is 15.0. The first-order valence-electron chi connectivity index (χ1n) is 22.5. The molecule has 11 aromatic rings. The van der Waals surface area contributed by atoms with Crippen molar-refractivity contribution >= 4 is 32.3 Å². The molecule has 10 aromatic carbocycles. The van der Waals surface area contributed by atoms with Crippen LogP contribution in [0.15, 0.2) is 224 Å². The van der Waals surface area contributed by atoms with Crippen LogP contribution in [0.25, 0.3) is 111 Å². The molecule has 11 rings (SSSR count). The lowest BCUT2D eigenvalue weighted by Gasteiger charge is -2.20. The highest BCUT2D eigenvalue weighted by molar-refractivity contribution is 6.24. The maximum Gasteiger partial charge on any atom is 0.164 e. The van der Waals surface area contributed by atoms with Gasteiger partial charge >= 0.3 is 0 Å². The van der Waals surface area contributed by atoms with E-state index in [0.717, 1.165) is 65.7 Å². The van der Waals surface area contributed by atoms with Crippen LogP contribution < -0.4 is 0 Å². The average molecular weight is 769 g/mol. The van der Waals surface area contributed by atoms with Crippen molar-refractivity contribution < 1.29 is 6.85 Å². The number of benzene rings is 10. The molecule has 3 heteroatoms. The fraction of sp³-hybridized carbons (Fsp3) is 0. The van der Waals surface area contributed by atoms with Crippen LogP contribution in [-0.2, 0) is 0 Å². The van der Waals surface area contributed by atoms with Gasteiger partial charge in [-0.3, -0.25) is 0 Å². The summed E-state index contributed by atoms with van der Waals surface area (Å²) < 4.78 is 43.2. The van der Waals surface area contributed by atoms with E-state index in [1.54, 1.807) is 0 Å². The number of hydrogen-bond donors (Lipinski definition) is 0. The fourth-order valence-electron chi connectivity index (χ4n) is 8.54. The standard InChI is InChI=1S/C57H37N3/c1-4-18-38(19-5-1)39-32-34-41(35-33-39)53-46-27-13-15-29-48(46)54(49-30-16-14-28-47(49)53)50-36-37-52(45-26-12-11-25-44(45)50)57-59-55(42-22-8-3-9-23-42)58-56(60-57)51-31-17-10-24-43(51)40-20-6-2-7-21-40/h1-37H/i3D,8D,9D,22D,23D. The van der Waals surface area contributed by atoms with Gasteiger partial charge in [-0.15, -0.1) is 0 Å². The number of aromatic nitrogens is 3. The Hall–Kier alpha value is -8.01. The Morgan fingerprint density at radius 3 is 1.28 bits per heavy atom. The predicted molar refractivity (Wildman–Crippen MR) is 250 cm³/mol. The quantitative estimate of drug-likeness (QED) is 0.152. The molecule has 0 aliphatic heterocycles. The van der Waals surface area contributed by atoms with E-state index in [9.17, 15) is 0 Å². The Morgan fingerprint density at radius 1 is 0.250 bits per heavy atom. The van der Waals surface area contributed by atoms with E-state index in [-0.39, 0.29) is 23.5 Å². The van der Waals surface area contributed by atoms with E-state index in [1.165, 1.54) is 11.1 Å². The summed E-state index contributed by atoms with van der Waals surface area (Å²) >= 11 is 0. The van der Waals surface area contributed by atoms with Crippen molar-refractivity contribution in [3.8, 4) is 78.7 Å². The van der Waals surface area contributed by atoms with Gasteiger partial charge in [0.15, 0.2) is 17.5 Å². The second kappa shape index (κ2) is 15.1. The van der Waals surface area contributed by atoms with E-state index in [4.69, 9.17) is 21.8 Å². The highest BCUT2D eigenvalue weighted by Gasteiger charge is 2.21. The summed E-state index contributed by atoms with van der Waals surface area (Å²) in [5, 5.41) is 6.40. The molecule has 0 saturated heterocycles. The van der Waals surface area contributed by atoms with E-state index < -0.39 is 18.1 Å². The van der Waals surface area contributed by atoms with Crippen molar-refractivity contribution in [1.82, 2.24) is 15.0 Å². The van der Waals surface area contributed by atoms with Crippen LogP contribution in [0, 0.1) is 0 Å². The van der Waals surface area contributed by atoms with Crippen LogP contribution in [0.1, 0.15) is 6.85 Å². The van der Waals surface area contributed by atoms with Crippen molar-refractivity contribution in [2.45, 2.75) is 0 Å². The van der Waals surface area contributed by atoms with Crippen LogP contribution in [0.2, 0.25) is 0 Å². The Balaban J connectivity index is 1.14. The van der Waals surface area contributed by atoms with Gasteiger partial charge in [-0.05, 0) is 82.9 Å². The fourth-order valence-corrected chi connectivity index (χ4v) is 8.54. The maximum atomic E-state index is 8.93. The van der Waals surface area contributed by atoms with Crippen molar-refractivity contribution in [2.75, 3.05) is 0 Å². The summed E-state index contributed by atoms with van der Waals surface area (Å²) in [5.41, 5.74) is 9.97. The number of hydrogen-bond acceptors (Lipinski definition) is 3. The predicted octanol–water partition coefficient (Wildman–Crippen LogP) is 15.0. The van der Waals surface area contributed by atoms with Crippen molar-refractivity contribution in [3.05, 3.63) is 224 Å². The molecule has 1 heterocycles. The van der Waals surface area contributed by atoms with Gasteiger partial charge in [-0.25, -0.2) is 15.0 Å². The number of rotatable bonds is 7. The molecule has 60 heavy (non-hydrogen) atoms. The maximum absolute atomic E-state index is 8.93. The second-order valence-electron chi connectivity index (χ2n) is 14.7. The summed E-state index contributed by atoms with van der Waals surface area (Å²) in [6.07, 6.45) is 0. The summed E-state index contributed by atoms with van der Waals surface area (Å²) in [6.45, 7) is 0. The molecule has 0 spiro atoms. The second-order valence-corrected chi connectivity index (χ2v) is 14.7. The molecule has 0 saturated carbocycles. The number of fused-ring (bicyclic) bond motifs is 3. The first kappa shape index (κ1) is 30.1. The Labute approximate surface area is 356 Å². The van der Waals surface area contributed by atoms with E-state index >= 15 is 0 Å². The van der Waals surface area contributed by atoms with Gasteiger partial charge in [-0.1, -0.05) is 218 Å².